The molecule has 2 atom stereocenters. The molecule has 0 aromatic heterocycles. The minimum absolute atomic E-state index is 0. The van der Waals surface area contributed by atoms with Crippen molar-refractivity contribution in [2.45, 2.75) is 51.5 Å². The van der Waals surface area contributed by atoms with Gasteiger partial charge in [-0.05, 0) is 44.4 Å². The number of hydrogen-bond donors (Lipinski definition) is 1. The van der Waals surface area contributed by atoms with E-state index >= 15 is 0 Å². The Balaban J connectivity index is 0.00000225. The van der Waals surface area contributed by atoms with E-state index in [1.807, 2.05) is 14.7 Å². The molecular weight excluding hydrogens is 340 g/mol. The molecule has 3 fully saturated rings. The molecule has 6 nitrogen and oxygen atoms in total. The average molecular weight is 373 g/mol. The Morgan fingerprint density at radius 3 is 2.16 bits per heavy atom. The number of amides is 3. The number of likely N-dealkylation sites (tertiary alicyclic amines) is 3. The van der Waals surface area contributed by atoms with Gasteiger partial charge in [-0.2, -0.15) is 0 Å². The molecule has 25 heavy (non-hydrogen) atoms. The molecule has 3 saturated heterocycles. The van der Waals surface area contributed by atoms with E-state index in [4.69, 9.17) is 5.73 Å². The Labute approximate surface area is 157 Å². The zero-order chi connectivity index (χ0) is 17.1. The Morgan fingerprint density at radius 1 is 0.960 bits per heavy atom. The first kappa shape index (κ1) is 20.3. The van der Waals surface area contributed by atoms with E-state index in [1.165, 1.54) is 0 Å². The minimum atomic E-state index is 0. The third-order valence-corrected chi connectivity index (χ3v) is 6.02. The number of rotatable bonds is 2. The van der Waals surface area contributed by atoms with Crippen LogP contribution in [0.1, 0.15) is 45.4 Å². The van der Waals surface area contributed by atoms with Crippen LogP contribution < -0.4 is 5.73 Å². The van der Waals surface area contributed by atoms with Gasteiger partial charge in [0.15, 0.2) is 0 Å². The third kappa shape index (κ3) is 4.59. The van der Waals surface area contributed by atoms with Gasteiger partial charge < -0.3 is 20.4 Å². The molecule has 3 aliphatic heterocycles. The molecule has 0 aromatic carbocycles. The number of carbonyl (C=O) groups is 2. The van der Waals surface area contributed by atoms with E-state index < -0.39 is 0 Å². The zero-order valence-corrected chi connectivity index (χ0v) is 16.2. The average Bonchev–Trinajstić information content (AvgIpc) is 3.15. The van der Waals surface area contributed by atoms with Gasteiger partial charge >= 0.3 is 6.03 Å². The van der Waals surface area contributed by atoms with Crippen LogP contribution in [0, 0.1) is 11.8 Å². The number of nitrogens with zero attached hydrogens (tertiary/aromatic N) is 3. The highest BCUT2D eigenvalue weighted by Crippen LogP contribution is 2.27. The van der Waals surface area contributed by atoms with Crippen molar-refractivity contribution >= 4 is 24.3 Å². The summed E-state index contributed by atoms with van der Waals surface area (Å²) in [6, 6.07) is 0.371. The fourth-order valence-corrected chi connectivity index (χ4v) is 4.43. The van der Waals surface area contributed by atoms with Crippen LogP contribution in [0.5, 0.6) is 0 Å². The molecule has 3 amide bonds. The quantitative estimate of drug-likeness (QED) is 0.805. The maximum Gasteiger partial charge on any atom is 0.319 e. The van der Waals surface area contributed by atoms with Gasteiger partial charge in [0.25, 0.3) is 0 Å². The molecule has 3 heterocycles. The molecule has 0 saturated carbocycles. The summed E-state index contributed by atoms with van der Waals surface area (Å²) in [4.78, 5) is 31.3. The predicted molar refractivity (Wildman–Crippen MR) is 101 cm³/mol. The zero-order valence-electron chi connectivity index (χ0n) is 15.4. The molecule has 2 N–H and O–H groups in total. The van der Waals surface area contributed by atoms with E-state index in [2.05, 4.69) is 6.92 Å². The summed E-state index contributed by atoms with van der Waals surface area (Å²) in [5.41, 5.74) is 5.90. The summed E-state index contributed by atoms with van der Waals surface area (Å²) in [5, 5.41) is 0. The predicted octanol–water partition coefficient (Wildman–Crippen LogP) is 1.92. The van der Waals surface area contributed by atoms with Crippen LogP contribution in [0.4, 0.5) is 4.79 Å². The molecule has 144 valence electrons. The lowest BCUT2D eigenvalue weighted by Gasteiger charge is -2.41. The van der Waals surface area contributed by atoms with E-state index in [0.717, 1.165) is 58.2 Å². The first-order valence-corrected chi connectivity index (χ1v) is 9.64. The maximum atomic E-state index is 12.9. The van der Waals surface area contributed by atoms with Crippen molar-refractivity contribution in [1.82, 2.24) is 14.7 Å². The molecule has 7 heteroatoms. The summed E-state index contributed by atoms with van der Waals surface area (Å²) >= 11 is 0. The third-order valence-electron chi connectivity index (χ3n) is 6.02. The lowest BCUT2D eigenvalue weighted by molar-refractivity contribution is -0.141. The van der Waals surface area contributed by atoms with Gasteiger partial charge in [-0.1, -0.05) is 6.92 Å². The first-order valence-electron chi connectivity index (χ1n) is 9.64. The van der Waals surface area contributed by atoms with Crippen LogP contribution >= 0.6 is 12.4 Å². The SMILES string of the molecule is CC1CCN(C(=O)C2CCN(C(=O)N3CCCC3)CC2)C(CN)C1.Cl. The highest BCUT2D eigenvalue weighted by molar-refractivity contribution is 5.85. The van der Waals surface area contributed by atoms with Crippen LogP contribution in [0.3, 0.4) is 0 Å². The van der Waals surface area contributed by atoms with Crippen molar-refractivity contribution in [2.24, 2.45) is 17.6 Å². The van der Waals surface area contributed by atoms with Gasteiger partial charge in [-0.25, -0.2) is 4.79 Å². The van der Waals surface area contributed by atoms with Gasteiger partial charge in [0.2, 0.25) is 5.91 Å². The number of halogens is 1. The number of hydrogen-bond acceptors (Lipinski definition) is 3. The van der Waals surface area contributed by atoms with Gasteiger partial charge in [0, 0.05) is 51.2 Å². The second kappa shape index (κ2) is 9.08. The monoisotopic (exact) mass is 372 g/mol. The molecular formula is C18H33ClN4O2. The summed E-state index contributed by atoms with van der Waals surface area (Å²) in [7, 11) is 0. The summed E-state index contributed by atoms with van der Waals surface area (Å²) in [5.74, 6) is 0.989. The number of urea groups is 1. The van der Waals surface area contributed by atoms with Crippen molar-refractivity contribution < 1.29 is 9.59 Å². The number of carbonyl (C=O) groups excluding carboxylic acids is 2. The normalized spacial score (nSPS) is 28.0. The van der Waals surface area contributed by atoms with Gasteiger partial charge in [-0.3, -0.25) is 4.79 Å². The Bertz CT molecular complexity index is 462. The van der Waals surface area contributed by atoms with E-state index in [-0.39, 0.29) is 36.3 Å². The molecule has 2 unspecified atom stereocenters. The maximum absolute atomic E-state index is 12.9. The highest BCUT2D eigenvalue weighted by atomic mass is 35.5. The largest absolute Gasteiger partial charge is 0.338 e. The molecule has 0 radical (unpaired) electrons. The first-order chi connectivity index (χ1) is 11.6. The lowest BCUT2D eigenvalue weighted by Crippen LogP contribution is -2.53. The van der Waals surface area contributed by atoms with Crippen molar-refractivity contribution in [2.75, 3.05) is 39.3 Å². The van der Waals surface area contributed by atoms with Crippen molar-refractivity contribution in [3.8, 4) is 0 Å². The fourth-order valence-electron chi connectivity index (χ4n) is 4.43. The van der Waals surface area contributed by atoms with E-state index in [9.17, 15) is 9.59 Å². The molecule has 0 spiro atoms. The van der Waals surface area contributed by atoms with Crippen molar-refractivity contribution in [1.29, 1.82) is 0 Å². The van der Waals surface area contributed by atoms with Crippen molar-refractivity contribution in [3.05, 3.63) is 0 Å². The van der Waals surface area contributed by atoms with Gasteiger partial charge in [0.1, 0.15) is 0 Å². The van der Waals surface area contributed by atoms with E-state index in [0.29, 0.717) is 25.6 Å². The fraction of sp³-hybridized carbons (Fsp3) is 0.889. The van der Waals surface area contributed by atoms with Crippen LogP contribution in [-0.2, 0) is 4.79 Å². The minimum Gasteiger partial charge on any atom is -0.338 e. The van der Waals surface area contributed by atoms with Crippen molar-refractivity contribution in [3.63, 3.8) is 0 Å². The molecule has 3 aliphatic rings. The topological polar surface area (TPSA) is 69.9 Å². The summed E-state index contributed by atoms with van der Waals surface area (Å²) < 4.78 is 0. The highest BCUT2D eigenvalue weighted by Gasteiger charge is 2.36. The lowest BCUT2D eigenvalue weighted by atomic mass is 9.89. The molecule has 3 rings (SSSR count). The summed E-state index contributed by atoms with van der Waals surface area (Å²) in [6.07, 6.45) is 5.93. The number of piperidine rings is 2. The van der Waals surface area contributed by atoms with E-state index in [1.54, 1.807) is 0 Å². The van der Waals surface area contributed by atoms with Crippen LogP contribution in [-0.4, -0.2) is 71.9 Å². The Kier molecular flexibility index (Phi) is 7.37. The smallest absolute Gasteiger partial charge is 0.319 e. The summed E-state index contributed by atoms with van der Waals surface area (Å²) in [6.45, 7) is 6.85. The Morgan fingerprint density at radius 2 is 1.56 bits per heavy atom. The second-order valence-corrected chi connectivity index (χ2v) is 7.79. The number of nitrogens with two attached hydrogens (primary N) is 1. The van der Waals surface area contributed by atoms with Crippen LogP contribution in [0.25, 0.3) is 0 Å². The van der Waals surface area contributed by atoms with Crippen LogP contribution in [0.15, 0.2) is 0 Å². The molecule has 0 aromatic rings. The standard InChI is InChI=1S/C18H32N4O2.ClH/c1-14-4-11-22(16(12-14)13-19)17(23)15-5-9-21(10-6-15)18(24)20-7-2-3-8-20;/h14-16H,2-13,19H2,1H3;1H. The van der Waals surface area contributed by atoms with Gasteiger partial charge in [-0.15, -0.1) is 12.4 Å². The molecule has 0 aliphatic carbocycles. The Hall–Kier alpha value is -1.01. The van der Waals surface area contributed by atoms with Gasteiger partial charge in [0.05, 0.1) is 0 Å². The van der Waals surface area contributed by atoms with Crippen LogP contribution in [0.2, 0.25) is 0 Å². The second-order valence-electron chi connectivity index (χ2n) is 7.79. The molecule has 0 bridgehead atoms.